The number of H-pyrrole nitrogens is 1. The monoisotopic (exact) mass is 361 g/mol. The minimum atomic E-state index is -0.325. The van der Waals surface area contributed by atoms with Crippen molar-refractivity contribution in [2.75, 3.05) is 13.1 Å². The van der Waals surface area contributed by atoms with Crippen molar-refractivity contribution >= 4 is 27.5 Å². The second-order valence-electron chi connectivity index (χ2n) is 5.64. The number of aromatic amines is 1. The maximum absolute atomic E-state index is 12.2. The number of thiophene rings is 1. The zero-order valence-corrected chi connectivity index (χ0v) is 14.8. The smallest absolute Gasteiger partial charge is 0.273 e. The molecule has 3 aromatic heterocycles. The van der Waals surface area contributed by atoms with Crippen molar-refractivity contribution in [1.82, 2.24) is 30.3 Å². The lowest BCUT2D eigenvalue weighted by molar-refractivity contribution is 0.0949. The molecule has 4 N–H and O–H groups in total. The maximum Gasteiger partial charge on any atom is 0.273 e. The summed E-state index contributed by atoms with van der Waals surface area (Å²) in [7, 11) is 0. The van der Waals surface area contributed by atoms with Crippen LogP contribution in [-0.4, -0.2) is 44.0 Å². The number of fused-ring (bicyclic) bond motifs is 1. The fraction of sp³-hybridized carbons (Fsp3) is 0.400. The third kappa shape index (κ3) is 3.59. The van der Waals surface area contributed by atoms with Gasteiger partial charge in [0.25, 0.3) is 11.5 Å². The van der Waals surface area contributed by atoms with Gasteiger partial charge in [-0.25, -0.2) is 4.98 Å². The Bertz CT molecular complexity index is 972. The van der Waals surface area contributed by atoms with Gasteiger partial charge >= 0.3 is 0 Å². The minimum Gasteiger partial charge on any atom is -0.350 e. The van der Waals surface area contributed by atoms with Gasteiger partial charge in [-0.3, -0.25) is 14.3 Å². The first kappa shape index (κ1) is 17.2. The van der Waals surface area contributed by atoms with E-state index in [2.05, 4.69) is 25.6 Å². The lowest BCUT2D eigenvalue weighted by atomic mass is 10.2. The molecule has 3 rings (SSSR count). The molecule has 10 heteroatoms. The van der Waals surface area contributed by atoms with Gasteiger partial charge in [0.05, 0.1) is 18.1 Å². The Hall–Kier alpha value is -2.59. The quantitative estimate of drug-likeness (QED) is 0.571. The van der Waals surface area contributed by atoms with E-state index in [1.807, 2.05) is 13.8 Å². The highest BCUT2D eigenvalue weighted by Gasteiger charge is 2.13. The number of carbonyl (C=O) groups is 1. The number of amides is 1. The van der Waals surface area contributed by atoms with Crippen LogP contribution in [0.3, 0.4) is 0 Å². The number of nitrogens with zero attached hydrogens (tertiary/aromatic N) is 4. The summed E-state index contributed by atoms with van der Waals surface area (Å²) >= 11 is 1.50. The number of hydrogen-bond acceptors (Lipinski definition) is 7. The number of nitrogens with two attached hydrogens (primary N) is 1. The first-order chi connectivity index (χ1) is 12.0. The van der Waals surface area contributed by atoms with E-state index in [0.717, 1.165) is 15.3 Å². The summed E-state index contributed by atoms with van der Waals surface area (Å²) in [6, 6.07) is 0. The van der Waals surface area contributed by atoms with Crippen LogP contribution in [0.5, 0.6) is 0 Å². The molecule has 0 radical (unpaired) electrons. The highest BCUT2D eigenvalue weighted by atomic mass is 32.1. The number of nitrogens with one attached hydrogen (secondary N) is 2. The third-order valence-corrected chi connectivity index (χ3v) is 4.97. The van der Waals surface area contributed by atoms with Crippen molar-refractivity contribution in [3.8, 4) is 0 Å². The summed E-state index contributed by atoms with van der Waals surface area (Å²) in [4.78, 5) is 33.3. The van der Waals surface area contributed by atoms with E-state index in [1.54, 1.807) is 6.20 Å². The molecule has 0 saturated carbocycles. The van der Waals surface area contributed by atoms with Gasteiger partial charge in [0.2, 0.25) is 0 Å². The van der Waals surface area contributed by atoms with E-state index in [1.165, 1.54) is 16.0 Å². The Labute approximate surface area is 147 Å². The molecule has 0 aliphatic carbocycles. The highest BCUT2D eigenvalue weighted by molar-refractivity contribution is 7.18. The molecule has 0 aromatic carbocycles. The fourth-order valence-electron chi connectivity index (χ4n) is 2.45. The molecular formula is C15H19N7O2S. The zero-order chi connectivity index (χ0) is 18.0. The van der Waals surface area contributed by atoms with Crippen molar-refractivity contribution in [2.45, 2.75) is 26.8 Å². The second-order valence-corrected chi connectivity index (χ2v) is 6.84. The lowest BCUT2D eigenvalue weighted by Crippen LogP contribution is -2.27. The lowest BCUT2D eigenvalue weighted by Gasteiger charge is -2.03. The van der Waals surface area contributed by atoms with E-state index < -0.39 is 0 Å². The molecule has 0 aliphatic rings. The summed E-state index contributed by atoms with van der Waals surface area (Å²) in [5.74, 6) is 0.223. The summed E-state index contributed by atoms with van der Waals surface area (Å²) < 4.78 is 1.52. The average molecular weight is 361 g/mol. The Kier molecular flexibility index (Phi) is 4.91. The van der Waals surface area contributed by atoms with Crippen LogP contribution < -0.4 is 16.6 Å². The number of rotatable bonds is 6. The number of aromatic nitrogens is 5. The SMILES string of the molecule is Cc1sc2nc(CCNC(=O)c3cn(CCN)nn3)[nH]c(=O)c2c1C. The van der Waals surface area contributed by atoms with Crippen LogP contribution in [0.2, 0.25) is 0 Å². The molecule has 1 amide bonds. The van der Waals surface area contributed by atoms with Crippen LogP contribution in [0.4, 0.5) is 0 Å². The molecule has 0 atom stereocenters. The molecule has 0 saturated heterocycles. The highest BCUT2D eigenvalue weighted by Crippen LogP contribution is 2.25. The topological polar surface area (TPSA) is 132 Å². The summed E-state index contributed by atoms with van der Waals surface area (Å²) in [6.45, 7) is 5.15. The standard InChI is InChI=1S/C15H19N7O2S/c1-8-9(2)25-15-12(8)14(24)18-11(19-15)3-5-17-13(23)10-7-22(6-4-16)21-20-10/h7H,3-6,16H2,1-2H3,(H,17,23)(H,18,19,24). The van der Waals surface area contributed by atoms with E-state index in [4.69, 9.17) is 5.73 Å². The molecule has 25 heavy (non-hydrogen) atoms. The van der Waals surface area contributed by atoms with Crippen LogP contribution >= 0.6 is 11.3 Å². The van der Waals surface area contributed by atoms with Crippen molar-refractivity contribution in [2.24, 2.45) is 5.73 Å². The largest absolute Gasteiger partial charge is 0.350 e. The fourth-order valence-corrected chi connectivity index (χ4v) is 3.50. The van der Waals surface area contributed by atoms with Crippen LogP contribution in [0, 0.1) is 13.8 Å². The first-order valence-electron chi connectivity index (χ1n) is 7.87. The predicted molar refractivity (Wildman–Crippen MR) is 94.8 cm³/mol. The van der Waals surface area contributed by atoms with Crippen molar-refractivity contribution in [3.63, 3.8) is 0 Å². The van der Waals surface area contributed by atoms with E-state index >= 15 is 0 Å². The van der Waals surface area contributed by atoms with E-state index in [9.17, 15) is 9.59 Å². The molecule has 0 bridgehead atoms. The van der Waals surface area contributed by atoms with Crippen molar-refractivity contribution in [3.05, 3.63) is 38.5 Å². The Morgan fingerprint density at radius 2 is 2.24 bits per heavy atom. The molecular weight excluding hydrogens is 342 g/mol. The number of aryl methyl sites for hydroxylation is 2. The van der Waals surface area contributed by atoms with Gasteiger partial charge in [-0.15, -0.1) is 16.4 Å². The van der Waals surface area contributed by atoms with Crippen LogP contribution in [0.1, 0.15) is 26.8 Å². The Morgan fingerprint density at radius 1 is 1.44 bits per heavy atom. The van der Waals surface area contributed by atoms with Gasteiger partial charge in [-0.1, -0.05) is 5.21 Å². The van der Waals surface area contributed by atoms with Gasteiger partial charge in [-0.2, -0.15) is 0 Å². The molecule has 9 nitrogen and oxygen atoms in total. The number of hydrogen-bond donors (Lipinski definition) is 3. The van der Waals surface area contributed by atoms with E-state index in [0.29, 0.717) is 37.3 Å². The molecule has 132 valence electrons. The van der Waals surface area contributed by atoms with Crippen LogP contribution in [0.15, 0.2) is 11.0 Å². The van der Waals surface area contributed by atoms with Crippen LogP contribution in [0.25, 0.3) is 10.2 Å². The van der Waals surface area contributed by atoms with Gasteiger partial charge in [0.1, 0.15) is 10.7 Å². The molecule has 0 unspecified atom stereocenters. The van der Waals surface area contributed by atoms with Gasteiger partial charge in [-0.05, 0) is 19.4 Å². The Morgan fingerprint density at radius 3 is 3.00 bits per heavy atom. The van der Waals surface area contributed by atoms with Gasteiger partial charge in [0, 0.05) is 24.4 Å². The summed E-state index contributed by atoms with van der Waals surface area (Å²) in [5, 5.41) is 11.0. The third-order valence-electron chi connectivity index (χ3n) is 3.86. The molecule has 0 fully saturated rings. The summed E-state index contributed by atoms with van der Waals surface area (Å²) in [6.07, 6.45) is 1.97. The first-order valence-corrected chi connectivity index (χ1v) is 8.68. The van der Waals surface area contributed by atoms with Crippen molar-refractivity contribution in [1.29, 1.82) is 0 Å². The minimum absolute atomic E-state index is 0.141. The van der Waals surface area contributed by atoms with Crippen molar-refractivity contribution < 1.29 is 4.79 Å². The molecule has 0 spiro atoms. The molecule has 3 aromatic rings. The molecule has 0 aliphatic heterocycles. The Balaban J connectivity index is 1.64. The normalized spacial score (nSPS) is 11.2. The zero-order valence-electron chi connectivity index (χ0n) is 14.0. The van der Waals surface area contributed by atoms with Gasteiger partial charge < -0.3 is 16.0 Å². The summed E-state index contributed by atoms with van der Waals surface area (Å²) in [5.41, 5.74) is 6.49. The molecule has 3 heterocycles. The number of carbonyl (C=O) groups excluding carboxylic acids is 1. The van der Waals surface area contributed by atoms with Crippen LogP contribution in [-0.2, 0) is 13.0 Å². The second kappa shape index (κ2) is 7.11. The van der Waals surface area contributed by atoms with Gasteiger partial charge in [0.15, 0.2) is 5.69 Å². The average Bonchev–Trinajstić information content (AvgIpc) is 3.13. The maximum atomic E-state index is 12.2. The van der Waals surface area contributed by atoms with E-state index in [-0.39, 0.29) is 17.2 Å². The predicted octanol–water partition coefficient (Wildman–Crippen LogP) is 0.124.